The van der Waals surface area contributed by atoms with Crippen LogP contribution in [0.5, 0.6) is 0 Å². The first kappa shape index (κ1) is 14.1. The minimum absolute atomic E-state index is 0.152. The molecule has 1 aromatic heterocycles. The van der Waals surface area contributed by atoms with Crippen molar-refractivity contribution in [3.63, 3.8) is 0 Å². The van der Waals surface area contributed by atoms with Gasteiger partial charge in [-0.2, -0.15) is 0 Å². The Morgan fingerprint density at radius 1 is 1.35 bits per heavy atom. The first-order valence-electron chi connectivity index (χ1n) is 7.91. The molecule has 2 aliphatic rings. The van der Waals surface area contributed by atoms with Crippen LogP contribution in [0.1, 0.15) is 52.7 Å². The zero-order valence-electron chi connectivity index (χ0n) is 12.3. The summed E-state index contributed by atoms with van der Waals surface area (Å²) >= 11 is 1.71. The number of fused-ring (bicyclic) bond motifs is 1. The second kappa shape index (κ2) is 6.27. The normalized spacial score (nSPS) is 20.6. The predicted octanol–water partition coefficient (Wildman–Crippen LogP) is 2.84. The number of nitrogens with zero attached hydrogens (tertiary/aromatic N) is 1. The quantitative estimate of drug-likeness (QED) is 0.929. The average molecular weight is 292 g/mol. The minimum atomic E-state index is 0.152. The third kappa shape index (κ3) is 3.07. The van der Waals surface area contributed by atoms with Crippen molar-refractivity contribution in [2.45, 2.75) is 51.5 Å². The summed E-state index contributed by atoms with van der Waals surface area (Å²) in [5.41, 5.74) is 1.42. The fourth-order valence-corrected chi connectivity index (χ4v) is 4.41. The van der Waals surface area contributed by atoms with Crippen LogP contribution in [0.3, 0.4) is 0 Å². The lowest BCUT2D eigenvalue weighted by Crippen LogP contribution is -2.44. The van der Waals surface area contributed by atoms with Gasteiger partial charge in [0.25, 0.3) is 5.91 Å². The van der Waals surface area contributed by atoms with Gasteiger partial charge in [-0.15, -0.1) is 11.3 Å². The van der Waals surface area contributed by atoms with Crippen LogP contribution in [0.15, 0.2) is 6.07 Å². The van der Waals surface area contributed by atoms with Gasteiger partial charge in [0.1, 0.15) is 0 Å². The van der Waals surface area contributed by atoms with Gasteiger partial charge in [-0.25, -0.2) is 0 Å². The van der Waals surface area contributed by atoms with Gasteiger partial charge in [-0.1, -0.05) is 6.92 Å². The lowest BCUT2D eigenvalue weighted by atomic mass is 9.99. The number of nitrogens with one attached hydrogen (secondary N) is 1. The molecule has 1 saturated heterocycles. The van der Waals surface area contributed by atoms with Gasteiger partial charge in [0.05, 0.1) is 4.88 Å². The lowest BCUT2D eigenvalue weighted by Gasteiger charge is -2.31. The first-order chi connectivity index (χ1) is 9.76. The monoisotopic (exact) mass is 292 g/mol. The van der Waals surface area contributed by atoms with Gasteiger partial charge in [-0.05, 0) is 56.7 Å². The standard InChI is InChI=1S/C16H24N2OS/c1-2-18-9-7-13(8-10-18)17-16(19)15-11-12-5-3-4-6-14(12)20-15/h11,13H,2-10H2,1H3,(H,17,19). The largest absolute Gasteiger partial charge is 0.349 e. The molecule has 1 fully saturated rings. The van der Waals surface area contributed by atoms with Crippen molar-refractivity contribution in [3.8, 4) is 0 Å². The van der Waals surface area contributed by atoms with Crippen molar-refractivity contribution in [2.75, 3.05) is 19.6 Å². The van der Waals surface area contributed by atoms with E-state index < -0.39 is 0 Å². The van der Waals surface area contributed by atoms with Crippen molar-refractivity contribution in [3.05, 3.63) is 21.4 Å². The molecule has 0 spiro atoms. The van der Waals surface area contributed by atoms with Crippen molar-refractivity contribution in [2.24, 2.45) is 0 Å². The summed E-state index contributed by atoms with van der Waals surface area (Å²) in [5.74, 6) is 0.152. The molecule has 2 heterocycles. The first-order valence-corrected chi connectivity index (χ1v) is 8.72. The van der Waals surface area contributed by atoms with Crippen molar-refractivity contribution in [1.29, 1.82) is 0 Å². The highest BCUT2D eigenvalue weighted by Gasteiger charge is 2.22. The third-order valence-corrected chi connectivity index (χ3v) is 5.83. The molecule has 0 saturated carbocycles. The molecule has 0 aromatic carbocycles. The lowest BCUT2D eigenvalue weighted by molar-refractivity contribution is 0.0917. The predicted molar refractivity (Wildman–Crippen MR) is 83.6 cm³/mol. The van der Waals surface area contributed by atoms with E-state index in [1.54, 1.807) is 11.3 Å². The van der Waals surface area contributed by atoms with E-state index in [1.165, 1.54) is 29.7 Å². The Kier molecular flexibility index (Phi) is 4.41. The molecule has 4 heteroatoms. The van der Waals surface area contributed by atoms with Crippen LogP contribution in [0.2, 0.25) is 0 Å². The maximum absolute atomic E-state index is 12.4. The van der Waals surface area contributed by atoms with E-state index >= 15 is 0 Å². The van der Waals surface area contributed by atoms with Crippen LogP contribution in [0.4, 0.5) is 0 Å². The van der Waals surface area contributed by atoms with Crippen LogP contribution in [-0.4, -0.2) is 36.5 Å². The molecule has 110 valence electrons. The second-order valence-electron chi connectivity index (χ2n) is 5.95. The molecule has 20 heavy (non-hydrogen) atoms. The third-order valence-electron chi connectivity index (χ3n) is 4.59. The van der Waals surface area contributed by atoms with E-state index in [9.17, 15) is 4.79 Å². The number of thiophene rings is 1. The Hall–Kier alpha value is -0.870. The van der Waals surface area contributed by atoms with E-state index in [2.05, 4.69) is 23.2 Å². The molecule has 1 aromatic rings. The Morgan fingerprint density at radius 2 is 2.10 bits per heavy atom. The summed E-state index contributed by atoms with van der Waals surface area (Å²) in [6, 6.07) is 2.50. The van der Waals surface area contributed by atoms with E-state index in [0.717, 1.165) is 43.8 Å². The smallest absolute Gasteiger partial charge is 0.261 e. The number of carbonyl (C=O) groups excluding carboxylic acids is 1. The number of rotatable bonds is 3. The topological polar surface area (TPSA) is 32.3 Å². The highest BCUT2D eigenvalue weighted by atomic mass is 32.1. The molecule has 0 unspecified atom stereocenters. The van der Waals surface area contributed by atoms with Crippen molar-refractivity contribution in [1.82, 2.24) is 10.2 Å². The van der Waals surface area contributed by atoms with E-state index in [-0.39, 0.29) is 5.91 Å². The maximum Gasteiger partial charge on any atom is 0.261 e. The van der Waals surface area contributed by atoms with Gasteiger partial charge in [0.2, 0.25) is 0 Å². The Labute approximate surface area is 125 Å². The number of piperidine rings is 1. The number of carbonyl (C=O) groups is 1. The summed E-state index contributed by atoms with van der Waals surface area (Å²) in [6.07, 6.45) is 7.07. The number of aryl methyl sites for hydroxylation is 2. The van der Waals surface area contributed by atoms with E-state index in [4.69, 9.17) is 0 Å². The number of hydrogen-bond acceptors (Lipinski definition) is 3. The zero-order valence-corrected chi connectivity index (χ0v) is 13.1. The molecule has 3 rings (SSSR count). The molecule has 1 amide bonds. The zero-order chi connectivity index (χ0) is 13.9. The van der Waals surface area contributed by atoms with Crippen LogP contribution in [0.25, 0.3) is 0 Å². The highest BCUT2D eigenvalue weighted by Crippen LogP contribution is 2.29. The maximum atomic E-state index is 12.4. The molecule has 1 aliphatic heterocycles. The van der Waals surface area contributed by atoms with Crippen LogP contribution in [-0.2, 0) is 12.8 Å². The summed E-state index contributed by atoms with van der Waals surface area (Å²) < 4.78 is 0. The summed E-state index contributed by atoms with van der Waals surface area (Å²) in [7, 11) is 0. The highest BCUT2D eigenvalue weighted by molar-refractivity contribution is 7.14. The number of likely N-dealkylation sites (tertiary alicyclic amines) is 1. The molecule has 3 nitrogen and oxygen atoms in total. The van der Waals surface area contributed by atoms with Gasteiger partial charge >= 0.3 is 0 Å². The van der Waals surface area contributed by atoms with Crippen LogP contribution >= 0.6 is 11.3 Å². The molecule has 0 radical (unpaired) electrons. The fourth-order valence-electron chi connectivity index (χ4n) is 3.25. The van der Waals surface area contributed by atoms with Crippen molar-refractivity contribution < 1.29 is 4.79 Å². The van der Waals surface area contributed by atoms with Crippen LogP contribution < -0.4 is 5.32 Å². The average Bonchev–Trinajstić information content (AvgIpc) is 2.92. The molecule has 1 N–H and O–H groups in total. The Morgan fingerprint density at radius 3 is 2.80 bits per heavy atom. The second-order valence-corrected chi connectivity index (χ2v) is 7.08. The number of hydrogen-bond donors (Lipinski definition) is 1. The minimum Gasteiger partial charge on any atom is -0.349 e. The summed E-state index contributed by atoms with van der Waals surface area (Å²) in [5, 5.41) is 3.23. The van der Waals surface area contributed by atoms with Gasteiger partial charge in [-0.3, -0.25) is 4.79 Å². The Bertz CT molecular complexity index is 451. The summed E-state index contributed by atoms with van der Waals surface area (Å²) in [4.78, 5) is 17.2. The van der Waals surface area contributed by atoms with Crippen LogP contribution in [0, 0.1) is 0 Å². The SMILES string of the molecule is CCN1CCC(NC(=O)c2cc3c(s2)CCCC3)CC1. The molecular weight excluding hydrogens is 268 g/mol. The fraction of sp³-hybridized carbons (Fsp3) is 0.688. The Balaban J connectivity index is 1.58. The molecular formula is C16H24N2OS. The summed E-state index contributed by atoms with van der Waals surface area (Å²) in [6.45, 7) is 5.55. The van der Waals surface area contributed by atoms with Crippen molar-refractivity contribution >= 4 is 17.2 Å². The molecule has 0 atom stereocenters. The van der Waals surface area contributed by atoms with Gasteiger partial charge in [0.15, 0.2) is 0 Å². The van der Waals surface area contributed by atoms with Gasteiger partial charge < -0.3 is 10.2 Å². The molecule has 1 aliphatic carbocycles. The molecule has 0 bridgehead atoms. The van der Waals surface area contributed by atoms with E-state index in [0.29, 0.717) is 6.04 Å². The number of amides is 1. The van der Waals surface area contributed by atoms with Gasteiger partial charge in [0, 0.05) is 24.0 Å². The van der Waals surface area contributed by atoms with E-state index in [1.807, 2.05) is 0 Å².